The molecule has 3 aromatic heterocycles. The van der Waals surface area contributed by atoms with Crippen molar-refractivity contribution in [3.63, 3.8) is 0 Å². The number of rotatable bonds is 5. The molecule has 0 radical (unpaired) electrons. The van der Waals surface area contributed by atoms with Gasteiger partial charge in [-0.15, -0.1) is 11.3 Å². The third-order valence-electron chi connectivity index (χ3n) is 3.84. The highest BCUT2D eigenvalue weighted by Gasteiger charge is 2.22. The second-order valence-corrected chi connectivity index (χ2v) is 6.44. The Labute approximate surface area is 162 Å². The maximum absolute atomic E-state index is 13.4. The Hall–Kier alpha value is -3.59. The Morgan fingerprint density at radius 2 is 2.11 bits per heavy atom. The summed E-state index contributed by atoms with van der Waals surface area (Å²) < 4.78 is 23.9. The summed E-state index contributed by atoms with van der Waals surface area (Å²) in [6, 6.07) is 9.45. The standard InChI is InChI=1S/C19H13FN4O3S/c1-26-15-8-11(20)5-6-12(15)16-17(27-10-22-16)18(25)24-19-23-14(9-28-19)13-4-2-3-7-21-13/h2-10H,1H3,(H,23,24,25). The number of ether oxygens (including phenoxy) is 1. The van der Waals surface area contributed by atoms with Crippen LogP contribution in [0.3, 0.4) is 0 Å². The van der Waals surface area contributed by atoms with Gasteiger partial charge in [0, 0.05) is 23.2 Å². The number of methoxy groups -OCH3 is 1. The fraction of sp³-hybridized carbons (Fsp3) is 0.0526. The summed E-state index contributed by atoms with van der Waals surface area (Å²) >= 11 is 1.26. The van der Waals surface area contributed by atoms with Crippen molar-refractivity contribution in [1.29, 1.82) is 0 Å². The Bertz CT molecular complexity index is 1130. The third-order valence-corrected chi connectivity index (χ3v) is 4.60. The van der Waals surface area contributed by atoms with E-state index in [0.717, 1.165) is 6.39 Å². The molecule has 0 aliphatic rings. The van der Waals surface area contributed by atoms with E-state index in [1.165, 1.54) is 36.6 Å². The smallest absolute Gasteiger partial charge is 0.295 e. The summed E-state index contributed by atoms with van der Waals surface area (Å²) in [6.45, 7) is 0. The monoisotopic (exact) mass is 396 g/mol. The van der Waals surface area contributed by atoms with E-state index in [2.05, 4.69) is 20.3 Å². The number of aromatic nitrogens is 3. The molecule has 3 heterocycles. The molecule has 140 valence electrons. The van der Waals surface area contributed by atoms with E-state index in [4.69, 9.17) is 9.15 Å². The molecular weight excluding hydrogens is 383 g/mol. The predicted molar refractivity (Wildman–Crippen MR) is 102 cm³/mol. The molecule has 1 aromatic carbocycles. The van der Waals surface area contributed by atoms with Crippen molar-refractivity contribution in [2.45, 2.75) is 0 Å². The molecule has 7 nitrogen and oxygen atoms in total. The predicted octanol–water partition coefficient (Wildman–Crippen LogP) is 4.26. The number of carbonyl (C=O) groups excluding carboxylic acids is 1. The van der Waals surface area contributed by atoms with Crippen LogP contribution in [-0.4, -0.2) is 28.0 Å². The van der Waals surface area contributed by atoms with Gasteiger partial charge in [-0.3, -0.25) is 15.1 Å². The average Bonchev–Trinajstić information content (AvgIpc) is 3.38. The van der Waals surface area contributed by atoms with Crippen molar-refractivity contribution in [2.75, 3.05) is 12.4 Å². The Morgan fingerprint density at radius 3 is 2.89 bits per heavy atom. The number of nitrogens with zero attached hydrogens (tertiary/aromatic N) is 3. The minimum absolute atomic E-state index is 0.0282. The van der Waals surface area contributed by atoms with Gasteiger partial charge < -0.3 is 9.15 Å². The highest BCUT2D eigenvalue weighted by Crippen LogP contribution is 2.32. The van der Waals surface area contributed by atoms with Crippen LogP contribution in [0.5, 0.6) is 5.75 Å². The van der Waals surface area contributed by atoms with E-state index in [0.29, 0.717) is 22.1 Å². The number of benzene rings is 1. The van der Waals surface area contributed by atoms with Gasteiger partial charge in [0.2, 0.25) is 5.76 Å². The molecule has 1 amide bonds. The molecular formula is C19H13FN4O3S. The fourth-order valence-corrected chi connectivity index (χ4v) is 3.28. The van der Waals surface area contributed by atoms with Gasteiger partial charge in [-0.05, 0) is 24.3 Å². The Balaban J connectivity index is 1.59. The zero-order chi connectivity index (χ0) is 19.5. The number of hydrogen-bond donors (Lipinski definition) is 1. The summed E-state index contributed by atoms with van der Waals surface area (Å²) in [7, 11) is 1.41. The molecule has 4 rings (SSSR count). The lowest BCUT2D eigenvalue weighted by Gasteiger charge is -2.07. The second-order valence-electron chi connectivity index (χ2n) is 5.58. The van der Waals surface area contributed by atoms with Crippen LogP contribution in [0.1, 0.15) is 10.6 Å². The molecule has 4 aromatic rings. The van der Waals surface area contributed by atoms with Crippen LogP contribution in [-0.2, 0) is 0 Å². The summed E-state index contributed by atoms with van der Waals surface area (Å²) in [5.74, 6) is -0.769. The number of nitrogens with one attached hydrogen (secondary N) is 1. The topological polar surface area (TPSA) is 90.1 Å². The number of carbonyl (C=O) groups is 1. The summed E-state index contributed by atoms with van der Waals surface area (Å²) in [4.78, 5) is 25.4. The first-order valence-corrected chi connectivity index (χ1v) is 8.99. The summed E-state index contributed by atoms with van der Waals surface area (Å²) in [5.41, 5.74) is 2.04. The van der Waals surface area contributed by atoms with Crippen LogP contribution >= 0.6 is 11.3 Å². The SMILES string of the molecule is COc1cc(F)ccc1-c1ncoc1C(=O)Nc1nc(-c2ccccn2)cs1. The number of hydrogen-bond acceptors (Lipinski definition) is 7. The lowest BCUT2D eigenvalue weighted by Crippen LogP contribution is -2.12. The van der Waals surface area contributed by atoms with Crippen LogP contribution < -0.4 is 10.1 Å². The number of oxazole rings is 1. The largest absolute Gasteiger partial charge is 0.496 e. The van der Waals surface area contributed by atoms with Gasteiger partial charge in [-0.25, -0.2) is 14.4 Å². The van der Waals surface area contributed by atoms with Crippen molar-refractivity contribution in [1.82, 2.24) is 15.0 Å². The molecule has 0 aliphatic heterocycles. The highest BCUT2D eigenvalue weighted by molar-refractivity contribution is 7.14. The second kappa shape index (κ2) is 7.57. The molecule has 0 spiro atoms. The first kappa shape index (κ1) is 17.8. The van der Waals surface area contributed by atoms with Gasteiger partial charge in [0.15, 0.2) is 11.5 Å². The number of anilines is 1. The van der Waals surface area contributed by atoms with Crippen LogP contribution in [0.4, 0.5) is 9.52 Å². The van der Waals surface area contributed by atoms with Crippen LogP contribution in [0.2, 0.25) is 0 Å². The number of halogens is 1. The van der Waals surface area contributed by atoms with Gasteiger partial charge in [0.25, 0.3) is 5.91 Å². The lowest BCUT2D eigenvalue weighted by molar-refractivity contribution is 0.0997. The van der Waals surface area contributed by atoms with E-state index in [-0.39, 0.29) is 17.2 Å². The molecule has 0 saturated heterocycles. The van der Waals surface area contributed by atoms with E-state index < -0.39 is 11.7 Å². The first-order valence-electron chi connectivity index (χ1n) is 8.11. The maximum Gasteiger partial charge on any atom is 0.295 e. The normalized spacial score (nSPS) is 10.6. The number of thiazole rings is 1. The summed E-state index contributed by atoms with van der Waals surface area (Å²) in [5, 5.41) is 4.87. The molecule has 1 N–H and O–H groups in total. The van der Waals surface area contributed by atoms with Crippen molar-refractivity contribution in [3.8, 4) is 28.4 Å². The fourth-order valence-electron chi connectivity index (χ4n) is 2.58. The zero-order valence-corrected chi connectivity index (χ0v) is 15.4. The quantitative estimate of drug-likeness (QED) is 0.542. The lowest BCUT2D eigenvalue weighted by atomic mass is 10.1. The molecule has 0 saturated carbocycles. The average molecular weight is 396 g/mol. The number of amides is 1. The molecule has 0 fully saturated rings. The Morgan fingerprint density at radius 1 is 1.21 bits per heavy atom. The maximum atomic E-state index is 13.4. The molecule has 0 bridgehead atoms. The molecule has 0 atom stereocenters. The minimum Gasteiger partial charge on any atom is -0.496 e. The van der Waals surface area contributed by atoms with Crippen molar-refractivity contribution >= 4 is 22.4 Å². The molecule has 0 unspecified atom stereocenters. The van der Waals surface area contributed by atoms with E-state index >= 15 is 0 Å². The molecule has 28 heavy (non-hydrogen) atoms. The minimum atomic E-state index is -0.527. The number of pyridine rings is 1. The molecule has 9 heteroatoms. The van der Waals surface area contributed by atoms with Crippen molar-refractivity contribution < 1.29 is 18.3 Å². The van der Waals surface area contributed by atoms with Crippen LogP contribution in [0, 0.1) is 5.82 Å². The zero-order valence-electron chi connectivity index (χ0n) is 14.5. The van der Waals surface area contributed by atoms with Crippen molar-refractivity contribution in [3.05, 3.63) is 65.9 Å². The van der Waals surface area contributed by atoms with Crippen molar-refractivity contribution in [2.24, 2.45) is 0 Å². The van der Waals surface area contributed by atoms with Gasteiger partial charge in [0.1, 0.15) is 23.0 Å². The van der Waals surface area contributed by atoms with Gasteiger partial charge in [0.05, 0.1) is 12.8 Å². The van der Waals surface area contributed by atoms with Crippen LogP contribution in [0.25, 0.3) is 22.6 Å². The van der Waals surface area contributed by atoms with E-state index in [1.54, 1.807) is 11.6 Å². The van der Waals surface area contributed by atoms with Gasteiger partial charge >= 0.3 is 0 Å². The van der Waals surface area contributed by atoms with E-state index in [9.17, 15) is 9.18 Å². The first-order chi connectivity index (χ1) is 13.7. The molecule has 0 aliphatic carbocycles. The van der Waals surface area contributed by atoms with Crippen LogP contribution in [0.15, 0.2) is 58.8 Å². The highest BCUT2D eigenvalue weighted by atomic mass is 32.1. The third kappa shape index (κ3) is 3.47. The van der Waals surface area contributed by atoms with E-state index in [1.807, 2.05) is 18.2 Å². The van der Waals surface area contributed by atoms with Gasteiger partial charge in [-0.1, -0.05) is 6.07 Å². The Kier molecular flexibility index (Phi) is 4.81. The summed E-state index contributed by atoms with van der Waals surface area (Å²) in [6.07, 6.45) is 2.82. The van der Waals surface area contributed by atoms with Gasteiger partial charge in [-0.2, -0.15) is 0 Å².